The zero-order valence-electron chi connectivity index (χ0n) is 14.2. The Morgan fingerprint density at radius 3 is 2.64 bits per heavy atom. The largest absolute Gasteiger partial charge is 0.416 e. The van der Waals surface area contributed by atoms with Crippen molar-refractivity contribution < 1.29 is 18.0 Å². The first-order valence-corrected chi connectivity index (χ1v) is 8.44. The van der Waals surface area contributed by atoms with E-state index in [1.165, 1.54) is 12.1 Å². The highest BCUT2D eigenvalue weighted by molar-refractivity contribution is 5.85. The zero-order valence-corrected chi connectivity index (χ0v) is 15.0. The molecule has 3 nitrogen and oxygen atoms in total. The molecule has 2 atom stereocenters. The number of piperidine rings is 1. The summed E-state index contributed by atoms with van der Waals surface area (Å²) in [6.07, 6.45) is -1.66. The van der Waals surface area contributed by atoms with Crippen LogP contribution in [0.2, 0.25) is 0 Å². The minimum atomic E-state index is -4.34. The first-order valence-electron chi connectivity index (χ1n) is 8.44. The molecule has 0 bridgehead atoms. The van der Waals surface area contributed by atoms with E-state index >= 15 is 0 Å². The van der Waals surface area contributed by atoms with Gasteiger partial charge in [0.25, 0.3) is 0 Å². The number of halogens is 4. The minimum absolute atomic E-state index is 0. The van der Waals surface area contributed by atoms with Gasteiger partial charge < -0.3 is 10.6 Å². The molecular weight excluding hydrogens is 353 g/mol. The van der Waals surface area contributed by atoms with Gasteiger partial charge in [0.1, 0.15) is 0 Å². The molecule has 2 aliphatic rings. The molecule has 0 aromatic heterocycles. The molecule has 2 unspecified atom stereocenters. The predicted octanol–water partition coefficient (Wildman–Crippen LogP) is 3.74. The second kappa shape index (κ2) is 7.54. The minimum Gasteiger partial charge on any atom is -0.355 e. The topological polar surface area (TPSA) is 41.1 Å². The molecule has 0 radical (unpaired) electrons. The number of rotatable bonds is 4. The third-order valence-corrected chi connectivity index (χ3v) is 5.27. The second-order valence-electron chi connectivity index (χ2n) is 7.35. The molecule has 25 heavy (non-hydrogen) atoms. The Kier molecular flexibility index (Phi) is 6.05. The normalized spacial score (nSPS) is 25.0. The average molecular weight is 377 g/mol. The number of amides is 1. The van der Waals surface area contributed by atoms with E-state index in [1.54, 1.807) is 6.07 Å². The smallest absolute Gasteiger partial charge is 0.355 e. The second-order valence-corrected chi connectivity index (χ2v) is 7.35. The monoisotopic (exact) mass is 376 g/mol. The van der Waals surface area contributed by atoms with Crippen molar-refractivity contribution >= 4 is 18.3 Å². The molecular formula is C18H24ClF3N2O. The highest BCUT2D eigenvalue weighted by Gasteiger charge is 2.45. The van der Waals surface area contributed by atoms with Crippen LogP contribution in [0.1, 0.15) is 43.2 Å². The summed E-state index contributed by atoms with van der Waals surface area (Å²) in [6.45, 7) is 4.73. The molecule has 1 aromatic carbocycles. The molecule has 1 saturated carbocycles. The number of carbonyl (C=O) groups is 1. The van der Waals surface area contributed by atoms with E-state index in [0.29, 0.717) is 18.5 Å². The Morgan fingerprint density at radius 1 is 1.32 bits per heavy atom. The highest BCUT2D eigenvalue weighted by atomic mass is 35.5. The van der Waals surface area contributed by atoms with Gasteiger partial charge in [-0.2, -0.15) is 13.2 Å². The third kappa shape index (κ3) is 4.88. The van der Waals surface area contributed by atoms with E-state index in [0.717, 1.165) is 32.0 Å². The lowest BCUT2D eigenvalue weighted by Gasteiger charge is -2.34. The van der Waals surface area contributed by atoms with Crippen molar-refractivity contribution in [3.63, 3.8) is 0 Å². The van der Waals surface area contributed by atoms with Crippen LogP contribution in [0.25, 0.3) is 0 Å². The van der Waals surface area contributed by atoms with E-state index in [2.05, 4.69) is 17.6 Å². The fourth-order valence-corrected chi connectivity index (χ4v) is 3.44. The maximum absolute atomic E-state index is 12.8. The van der Waals surface area contributed by atoms with E-state index in [-0.39, 0.29) is 35.6 Å². The molecule has 0 spiro atoms. The Hall–Kier alpha value is -1.27. The fraction of sp³-hybridized carbons (Fsp3) is 0.611. The van der Waals surface area contributed by atoms with Crippen LogP contribution in [0, 0.1) is 11.3 Å². The van der Waals surface area contributed by atoms with E-state index < -0.39 is 11.7 Å². The van der Waals surface area contributed by atoms with E-state index in [4.69, 9.17) is 0 Å². The van der Waals surface area contributed by atoms with Gasteiger partial charge in [0.15, 0.2) is 0 Å². The van der Waals surface area contributed by atoms with Crippen LogP contribution < -0.4 is 10.6 Å². The van der Waals surface area contributed by atoms with Crippen molar-refractivity contribution in [3.05, 3.63) is 35.4 Å². The van der Waals surface area contributed by atoms with Crippen LogP contribution in [0.3, 0.4) is 0 Å². The number of hydrogen-bond acceptors (Lipinski definition) is 2. The van der Waals surface area contributed by atoms with Gasteiger partial charge in [0.05, 0.1) is 5.56 Å². The van der Waals surface area contributed by atoms with Gasteiger partial charge in [-0.3, -0.25) is 4.79 Å². The first kappa shape index (κ1) is 20.0. The van der Waals surface area contributed by atoms with Crippen molar-refractivity contribution in [1.82, 2.24) is 10.6 Å². The lowest BCUT2D eigenvalue weighted by Crippen LogP contribution is -2.43. The number of nitrogens with one attached hydrogen (secondary N) is 2. The standard InChI is InChI=1S/C18H23F3N2O.ClH/c1-17(5-7-22-8-6-17)11-23-16(24)15-10-14(15)12-3-2-4-13(9-12)18(19,20)21;/h2-4,9,14-15,22H,5-8,10-11H2,1H3,(H,23,24);1H. The summed E-state index contributed by atoms with van der Waals surface area (Å²) in [5.41, 5.74) is 0.0768. The van der Waals surface area contributed by atoms with Crippen LogP contribution in [0.15, 0.2) is 24.3 Å². The van der Waals surface area contributed by atoms with Crippen LogP contribution in [0.5, 0.6) is 0 Å². The summed E-state index contributed by atoms with van der Waals surface area (Å²) in [7, 11) is 0. The predicted molar refractivity (Wildman–Crippen MR) is 92.8 cm³/mol. The molecule has 1 saturated heterocycles. The van der Waals surface area contributed by atoms with Gasteiger partial charge in [-0.05, 0) is 55.3 Å². The maximum atomic E-state index is 12.8. The number of carbonyl (C=O) groups excluding carboxylic acids is 1. The van der Waals surface area contributed by atoms with Crippen LogP contribution in [-0.4, -0.2) is 25.5 Å². The Bertz CT molecular complexity index is 615. The van der Waals surface area contributed by atoms with Crippen LogP contribution in [-0.2, 0) is 11.0 Å². The summed E-state index contributed by atoms with van der Waals surface area (Å²) in [5, 5.41) is 6.31. The van der Waals surface area contributed by atoms with Crippen LogP contribution >= 0.6 is 12.4 Å². The van der Waals surface area contributed by atoms with Crippen molar-refractivity contribution in [2.24, 2.45) is 11.3 Å². The summed E-state index contributed by atoms with van der Waals surface area (Å²) in [5.74, 6) is -0.316. The highest BCUT2D eigenvalue weighted by Crippen LogP contribution is 2.48. The summed E-state index contributed by atoms with van der Waals surface area (Å²) >= 11 is 0. The lowest BCUT2D eigenvalue weighted by molar-refractivity contribution is -0.137. The summed E-state index contributed by atoms with van der Waals surface area (Å²) in [6, 6.07) is 5.34. The zero-order chi connectivity index (χ0) is 17.4. The van der Waals surface area contributed by atoms with E-state index in [9.17, 15) is 18.0 Å². The third-order valence-electron chi connectivity index (χ3n) is 5.27. The van der Waals surface area contributed by atoms with Crippen molar-refractivity contribution in [3.8, 4) is 0 Å². The molecule has 7 heteroatoms. The molecule has 1 aliphatic carbocycles. The molecule has 1 heterocycles. The molecule has 1 aromatic rings. The van der Waals surface area contributed by atoms with Gasteiger partial charge in [-0.25, -0.2) is 0 Å². The quantitative estimate of drug-likeness (QED) is 0.840. The molecule has 1 aliphatic heterocycles. The molecule has 2 fully saturated rings. The maximum Gasteiger partial charge on any atom is 0.416 e. The molecule has 3 rings (SSSR count). The van der Waals surface area contributed by atoms with Crippen molar-refractivity contribution in [2.75, 3.05) is 19.6 Å². The summed E-state index contributed by atoms with van der Waals surface area (Å²) in [4.78, 5) is 12.3. The first-order chi connectivity index (χ1) is 11.3. The number of benzene rings is 1. The summed E-state index contributed by atoms with van der Waals surface area (Å²) < 4.78 is 38.4. The lowest BCUT2D eigenvalue weighted by atomic mass is 9.81. The number of alkyl halides is 3. The molecule has 1 amide bonds. The van der Waals surface area contributed by atoms with Gasteiger partial charge in [-0.15, -0.1) is 12.4 Å². The molecule has 2 N–H and O–H groups in total. The van der Waals surface area contributed by atoms with Gasteiger partial charge in [-0.1, -0.05) is 25.1 Å². The molecule has 140 valence electrons. The van der Waals surface area contributed by atoms with E-state index in [1.807, 2.05) is 0 Å². The van der Waals surface area contributed by atoms with Gasteiger partial charge in [0, 0.05) is 12.5 Å². The number of hydrogen-bond donors (Lipinski definition) is 2. The Balaban J connectivity index is 0.00000225. The van der Waals surface area contributed by atoms with Gasteiger partial charge >= 0.3 is 6.18 Å². The fourth-order valence-electron chi connectivity index (χ4n) is 3.44. The van der Waals surface area contributed by atoms with Crippen molar-refractivity contribution in [2.45, 2.75) is 38.3 Å². The van der Waals surface area contributed by atoms with Gasteiger partial charge in [0.2, 0.25) is 5.91 Å². The average Bonchev–Trinajstić information content (AvgIpc) is 3.33. The Labute approximate surface area is 152 Å². The Morgan fingerprint density at radius 2 is 2.00 bits per heavy atom. The van der Waals surface area contributed by atoms with Crippen molar-refractivity contribution in [1.29, 1.82) is 0 Å². The SMILES string of the molecule is CC1(CNC(=O)C2CC2c2cccc(C(F)(F)F)c2)CCNCC1.Cl. The van der Waals surface area contributed by atoms with Crippen LogP contribution in [0.4, 0.5) is 13.2 Å².